The molecule has 8 nitrogen and oxygen atoms in total. The van der Waals surface area contributed by atoms with Gasteiger partial charge in [-0.15, -0.1) is 11.8 Å². The van der Waals surface area contributed by atoms with Crippen molar-refractivity contribution < 1.29 is 38.4 Å². The van der Waals surface area contributed by atoms with Gasteiger partial charge in [-0.05, 0) is 22.4 Å². The molecule has 1 N–H and O–H groups in total. The van der Waals surface area contributed by atoms with Gasteiger partial charge < -0.3 is 28.8 Å². The maximum Gasteiger partial charge on any atom is 0.306 e. The van der Waals surface area contributed by atoms with Crippen molar-refractivity contribution in [2.24, 2.45) is 0 Å². The Hall–Kier alpha value is -3.21. The fraction of sp³-hybridized carbons (Fsp3) is 0.394. The van der Waals surface area contributed by atoms with Gasteiger partial charge in [-0.25, -0.2) is 0 Å². The van der Waals surface area contributed by atoms with Gasteiger partial charge in [0.15, 0.2) is 6.10 Å². The molecule has 0 bridgehead atoms. The van der Waals surface area contributed by atoms with Gasteiger partial charge in [0, 0.05) is 0 Å². The summed E-state index contributed by atoms with van der Waals surface area (Å²) < 4.78 is 31.6. The highest BCUT2D eigenvalue weighted by molar-refractivity contribution is 7.99. The highest BCUT2D eigenvalue weighted by Crippen LogP contribution is 2.35. The van der Waals surface area contributed by atoms with Crippen LogP contribution in [0.15, 0.2) is 91.0 Å². The van der Waals surface area contributed by atoms with Crippen LogP contribution in [0.1, 0.15) is 36.5 Å². The number of rotatable bonds is 16. The molecule has 1 heterocycles. The first-order valence-electron chi connectivity index (χ1n) is 14.1. The number of carbonyl (C=O) groups is 2. The molecule has 0 unspecified atom stereocenters. The lowest BCUT2D eigenvalue weighted by molar-refractivity contribution is -0.249. The fourth-order valence-corrected chi connectivity index (χ4v) is 5.60. The average molecular weight is 595 g/mol. The van der Waals surface area contributed by atoms with Crippen molar-refractivity contribution in [2.75, 3.05) is 12.4 Å². The summed E-state index contributed by atoms with van der Waals surface area (Å²) in [6.07, 6.45) is -3.26. The standard InChI is InChI=1S/C33H38O8S/c1-2-42-33-32(41-29(36)19-18-28(34)35)31(39-22-26-16-10-5-11-17-26)30(38-21-25-14-8-4-9-15-25)27(40-33)23-37-20-24-12-6-3-7-13-24/h3-17,27,30-33H,2,18-23H2,1H3,(H,34,35)/t27-,30-,31+,32+,33-/m1/s1. The molecule has 9 heteroatoms. The van der Waals surface area contributed by atoms with Crippen LogP contribution < -0.4 is 0 Å². The van der Waals surface area contributed by atoms with E-state index < -0.39 is 41.8 Å². The number of thioether (sulfide) groups is 1. The number of carbonyl (C=O) groups excluding carboxylic acids is 1. The van der Waals surface area contributed by atoms with Crippen LogP contribution in [-0.4, -0.2) is 59.3 Å². The first kappa shape index (κ1) is 31.7. The van der Waals surface area contributed by atoms with Crippen LogP contribution in [0, 0.1) is 0 Å². The lowest BCUT2D eigenvalue weighted by atomic mass is 9.98. The van der Waals surface area contributed by atoms with Crippen molar-refractivity contribution in [3.63, 3.8) is 0 Å². The number of hydrogen-bond acceptors (Lipinski definition) is 8. The highest BCUT2D eigenvalue weighted by Gasteiger charge is 2.49. The molecule has 3 aromatic rings. The van der Waals surface area contributed by atoms with Crippen LogP contribution in [0.5, 0.6) is 0 Å². The maximum absolute atomic E-state index is 12.8. The van der Waals surface area contributed by atoms with E-state index in [1.165, 1.54) is 11.8 Å². The van der Waals surface area contributed by atoms with Crippen molar-refractivity contribution >= 4 is 23.7 Å². The van der Waals surface area contributed by atoms with E-state index in [0.717, 1.165) is 16.7 Å². The number of esters is 1. The molecule has 0 saturated carbocycles. The largest absolute Gasteiger partial charge is 0.481 e. The molecule has 3 aromatic carbocycles. The molecule has 4 rings (SSSR count). The van der Waals surface area contributed by atoms with E-state index in [9.17, 15) is 9.59 Å². The molecule has 0 radical (unpaired) electrons. The second kappa shape index (κ2) is 17.0. The van der Waals surface area contributed by atoms with E-state index in [0.29, 0.717) is 19.0 Å². The lowest BCUT2D eigenvalue weighted by Crippen LogP contribution is -2.60. The molecule has 1 saturated heterocycles. The summed E-state index contributed by atoms with van der Waals surface area (Å²) >= 11 is 1.50. The fourth-order valence-electron chi connectivity index (χ4n) is 4.65. The van der Waals surface area contributed by atoms with Crippen LogP contribution >= 0.6 is 11.8 Å². The first-order valence-corrected chi connectivity index (χ1v) is 15.2. The molecule has 42 heavy (non-hydrogen) atoms. The topological polar surface area (TPSA) is 101 Å². The van der Waals surface area contributed by atoms with Crippen LogP contribution in [0.3, 0.4) is 0 Å². The van der Waals surface area contributed by atoms with Gasteiger partial charge in [-0.1, -0.05) is 97.9 Å². The quantitative estimate of drug-likeness (QED) is 0.212. The normalized spacial score (nSPS) is 22.0. The van der Waals surface area contributed by atoms with Gasteiger partial charge in [-0.2, -0.15) is 0 Å². The Balaban J connectivity index is 1.60. The molecule has 1 aliphatic rings. The van der Waals surface area contributed by atoms with Gasteiger partial charge in [0.1, 0.15) is 23.7 Å². The van der Waals surface area contributed by atoms with Crippen molar-refractivity contribution in [3.8, 4) is 0 Å². The Kier molecular flexibility index (Phi) is 12.9. The summed E-state index contributed by atoms with van der Waals surface area (Å²) in [4.78, 5) is 23.9. The van der Waals surface area contributed by atoms with Gasteiger partial charge in [0.2, 0.25) is 0 Å². The van der Waals surface area contributed by atoms with Crippen LogP contribution in [0.25, 0.3) is 0 Å². The SMILES string of the molecule is CCS[C@H]1O[C@H](COCc2ccccc2)[C@@H](OCc2ccccc2)[C@H](OCc2ccccc2)[C@@H]1OC(=O)CCC(=O)O. The molecule has 0 aliphatic carbocycles. The smallest absolute Gasteiger partial charge is 0.306 e. The maximum atomic E-state index is 12.8. The zero-order chi connectivity index (χ0) is 29.6. The second-order valence-corrected chi connectivity index (χ2v) is 11.2. The summed E-state index contributed by atoms with van der Waals surface area (Å²) in [6, 6.07) is 29.4. The number of benzene rings is 3. The number of ether oxygens (including phenoxy) is 5. The van der Waals surface area contributed by atoms with E-state index in [1.807, 2.05) is 97.9 Å². The minimum atomic E-state index is -1.07. The zero-order valence-electron chi connectivity index (χ0n) is 23.7. The molecule has 5 atom stereocenters. The van der Waals surface area contributed by atoms with E-state index >= 15 is 0 Å². The van der Waals surface area contributed by atoms with Crippen LogP contribution in [0.2, 0.25) is 0 Å². The Labute approximate surface area is 251 Å². The summed E-state index contributed by atoms with van der Waals surface area (Å²) in [6.45, 7) is 3.19. The van der Waals surface area contributed by atoms with E-state index in [2.05, 4.69) is 0 Å². The number of aliphatic carboxylic acids is 1. The second-order valence-electron chi connectivity index (χ2n) is 9.87. The highest BCUT2D eigenvalue weighted by atomic mass is 32.2. The monoisotopic (exact) mass is 594 g/mol. The summed E-state index contributed by atoms with van der Waals surface area (Å²) in [7, 11) is 0. The molecule has 1 aliphatic heterocycles. The minimum absolute atomic E-state index is 0.236. The van der Waals surface area contributed by atoms with Gasteiger partial charge >= 0.3 is 11.9 Å². The molecular weight excluding hydrogens is 556 g/mol. The number of carboxylic acid groups (broad SMARTS) is 1. The Morgan fingerprint density at radius 1 is 0.738 bits per heavy atom. The van der Waals surface area contributed by atoms with Crippen LogP contribution in [0.4, 0.5) is 0 Å². The third kappa shape index (κ3) is 9.96. The van der Waals surface area contributed by atoms with Crippen molar-refractivity contribution in [3.05, 3.63) is 108 Å². The van der Waals surface area contributed by atoms with E-state index in [4.69, 9.17) is 28.8 Å². The van der Waals surface area contributed by atoms with Gasteiger partial charge in [0.05, 0.1) is 39.3 Å². The summed E-state index contributed by atoms with van der Waals surface area (Å²) in [5.41, 5.74) is 2.41. The molecule has 1 fully saturated rings. The molecular formula is C33H38O8S. The lowest BCUT2D eigenvalue weighted by Gasteiger charge is -2.45. The number of hydrogen-bond donors (Lipinski definition) is 1. The first-order chi connectivity index (χ1) is 20.5. The van der Waals surface area contributed by atoms with E-state index in [-0.39, 0.29) is 26.1 Å². The number of carboxylic acids is 1. The molecule has 0 spiro atoms. The molecule has 0 aromatic heterocycles. The van der Waals surface area contributed by atoms with Crippen molar-refractivity contribution in [2.45, 2.75) is 69.4 Å². The Bertz CT molecular complexity index is 1210. The van der Waals surface area contributed by atoms with E-state index in [1.54, 1.807) is 0 Å². The Morgan fingerprint density at radius 2 is 1.26 bits per heavy atom. The predicted molar refractivity (Wildman–Crippen MR) is 160 cm³/mol. The summed E-state index contributed by atoms with van der Waals surface area (Å²) in [5.74, 6) is -0.989. The minimum Gasteiger partial charge on any atom is -0.481 e. The third-order valence-electron chi connectivity index (χ3n) is 6.70. The Morgan fingerprint density at radius 3 is 1.79 bits per heavy atom. The van der Waals surface area contributed by atoms with Crippen molar-refractivity contribution in [1.29, 1.82) is 0 Å². The molecule has 224 valence electrons. The summed E-state index contributed by atoms with van der Waals surface area (Å²) in [5, 5.41) is 9.09. The van der Waals surface area contributed by atoms with Crippen LogP contribution in [-0.2, 0) is 53.1 Å². The molecule has 0 amide bonds. The average Bonchev–Trinajstić information content (AvgIpc) is 3.01. The van der Waals surface area contributed by atoms with Crippen molar-refractivity contribution in [1.82, 2.24) is 0 Å². The van der Waals surface area contributed by atoms with Gasteiger partial charge in [-0.3, -0.25) is 9.59 Å². The third-order valence-corrected chi connectivity index (χ3v) is 7.74. The zero-order valence-corrected chi connectivity index (χ0v) is 24.5. The van der Waals surface area contributed by atoms with Gasteiger partial charge in [0.25, 0.3) is 0 Å². The predicted octanol–water partition coefficient (Wildman–Crippen LogP) is 5.63.